The third-order valence-corrected chi connectivity index (χ3v) is 4.42. The van der Waals surface area contributed by atoms with Crippen LogP contribution in [0.4, 0.5) is 8.78 Å². The molecule has 4 rings (SSSR count). The number of benzene rings is 3. The Morgan fingerprint density at radius 1 is 0.786 bits per heavy atom. The molecule has 0 atom stereocenters. The van der Waals surface area contributed by atoms with Crippen molar-refractivity contribution >= 4 is 0 Å². The van der Waals surface area contributed by atoms with Gasteiger partial charge in [-0.3, -0.25) is 0 Å². The maximum atomic E-state index is 13.4. The van der Waals surface area contributed by atoms with E-state index >= 15 is 0 Å². The van der Waals surface area contributed by atoms with Gasteiger partial charge < -0.3 is 5.32 Å². The van der Waals surface area contributed by atoms with Crippen LogP contribution in [0.15, 0.2) is 85.1 Å². The van der Waals surface area contributed by atoms with E-state index < -0.39 is 11.6 Å². The summed E-state index contributed by atoms with van der Waals surface area (Å²) in [5.74, 6) is -1.14. The van der Waals surface area contributed by atoms with Gasteiger partial charge in [-0.1, -0.05) is 48.5 Å². The number of halogens is 2. The van der Waals surface area contributed by atoms with Gasteiger partial charge in [0.05, 0.1) is 11.4 Å². The minimum Gasteiger partial charge on any atom is -0.308 e. The van der Waals surface area contributed by atoms with E-state index in [0.717, 1.165) is 28.6 Å². The molecule has 5 heteroatoms. The molecule has 0 bridgehead atoms. The number of para-hydroxylation sites is 1. The van der Waals surface area contributed by atoms with Crippen LogP contribution in [0.25, 0.3) is 16.9 Å². The van der Waals surface area contributed by atoms with Crippen molar-refractivity contribution in [3.8, 4) is 16.9 Å². The molecule has 0 aliphatic rings. The van der Waals surface area contributed by atoms with E-state index in [0.29, 0.717) is 18.7 Å². The zero-order valence-corrected chi connectivity index (χ0v) is 15.1. The lowest BCUT2D eigenvalue weighted by molar-refractivity contribution is 0.575. The molecule has 0 spiro atoms. The van der Waals surface area contributed by atoms with Crippen LogP contribution in [-0.4, -0.2) is 9.78 Å². The molecule has 0 aliphatic heterocycles. The summed E-state index contributed by atoms with van der Waals surface area (Å²) in [6.45, 7) is 0.884. The predicted molar refractivity (Wildman–Crippen MR) is 106 cm³/mol. The van der Waals surface area contributed by atoms with Crippen LogP contribution in [0.1, 0.15) is 11.1 Å². The minimum absolute atomic E-state index is 0.361. The Labute approximate surface area is 162 Å². The van der Waals surface area contributed by atoms with E-state index in [4.69, 9.17) is 5.10 Å². The predicted octanol–water partition coefficient (Wildman–Crippen LogP) is 5.11. The highest BCUT2D eigenvalue weighted by Gasteiger charge is 2.12. The fourth-order valence-electron chi connectivity index (χ4n) is 3.15. The Morgan fingerprint density at radius 3 is 2.11 bits per heavy atom. The van der Waals surface area contributed by atoms with Crippen LogP contribution < -0.4 is 5.32 Å². The maximum Gasteiger partial charge on any atom is 0.126 e. The van der Waals surface area contributed by atoms with E-state index in [1.807, 2.05) is 71.5 Å². The number of nitrogens with zero attached hydrogens (tertiary/aromatic N) is 2. The number of aromatic nitrogens is 2. The summed E-state index contributed by atoms with van der Waals surface area (Å²) in [6, 6.07) is 23.4. The largest absolute Gasteiger partial charge is 0.308 e. The van der Waals surface area contributed by atoms with E-state index in [-0.39, 0.29) is 0 Å². The van der Waals surface area contributed by atoms with Crippen LogP contribution >= 0.6 is 0 Å². The molecular formula is C23H19F2N3. The molecule has 0 unspecified atom stereocenters. The Bertz CT molecular complexity index is 1040. The van der Waals surface area contributed by atoms with Gasteiger partial charge in [0.25, 0.3) is 0 Å². The second kappa shape index (κ2) is 8.15. The first-order valence-electron chi connectivity index (χ1n) is 9.04. The summed E-state index contributed by atoms with van der Waals surface area (Å²) >= 11 is 0. The van der Waals surface area contributed by atoms with Crippen molar-refractivity contribution in [2.75, 3.05) is 0 Å². The van der Waals surface area contributed by atoms with Crippen LogP contribution in [-0.2, 0) is 13.1 Å². The second-order valence-corrected chi connectivity index (χ2v) is 6.53. The van der Waals surface area contributed by atoms with E-state index in [1.54, 1.807) is 0 Å². The lowest BCUT2D eigenvalue weighted by atomic mass is 10.1. The molecule has 0 radical (unpaired) electrons. The molecule has 1 heterocycles. The SMILES string of the molecule is Fc1cc(F)cc(CNCc2cn(-c3ccccc3)nc2-c2ccccc2)c1. The van der Waals surface area contributed by atoms with Crippen molar-refractivity contribution in [1.82, 2.24) is 15.1 Å². The third-order valence-electron chi connectivity index (χ3n) is 4.42. The van der Waals surface area contributed by atoms with Gasteiger partial charge in [-0.05, 0) is 29.8 Å². The first-order chi connectivity index (χ1) is 13.7. The fraction of sp³-hybridized carbons (Fsp3) is 0.0870. The smallest absolute Gasteiger partial charge is 0.126 e. The molecule has 1 aromatic heterocycles. The highest BCUT2D eigenvalue weighted by Crippen LogP contribution is 2.23. The number of hydrogen-bond donors (Lipinski definition) is 1. The minimum atomic E-state index is -0.571. The first-order valence-corrected chi connectivity index (χ1v) is 9.04. The highest BCUT2D eigenvalue weighted by molar-refractivity contribution is 5.63. The molecule has 140 valence electrons. The topological polar surface area (TPSA) is 29.9 Å². The number of nitrogens with one attached hydrogen (secondary N) is 1. The van der Waals surface area contributed by atoms with Gasteiger partial charge in [0.2, 0.25) is 0 Å². The van der Waals surface area contributed by atoms with Crippen molar-refractivity contribution in [2.45, 2.75) is 13.1 Å². The third kappa shape index (κ3) is 4.15. The molecule has 0 saturated heterocycles. The van der Waals surface area contributed by atoms with E-state index in [2.05, 4.69) is 5.32 Å². The van der Waals surface area contributed by atoms with Crippen LogP contribution in [0, 0.1) is 11.6 Å². The highest BCUT2D eigenvalue weighted by atomic mass is 19.1. The molecule has 4 aromatic rings. The van der Waals surface area contributed by atoms with Crippen molar-refractivity contribution < 1.29 is 8.78 Å². The Hall–Kier alpha value is -3.31. The number of hydrogen-bond acceptors (Lipinski definition) is 2. The van der Waals surface area contributed by atoms with Gasteiger partial charge >= 0.3 is 0 Å². The molecule has 3 aromatic carbocycles. The van der Waals surface area contributed by atoms with Crippen LogP contribution in [0.2, 0.25) is 0 Å². The monoisotopic (exact) mass is 375 g/mol. The quantitative estimate of drug-likeness (QED) is 0.508. The maximum absolute atomic E-state index is 13.4. The molecule has 28 heavy (non-hydrogen) atoms. The summed E-state index contributed by atoms with van der Waals surface area (Å²) in [7, 11) is 0. The van der Waals surface area contributed by atoms with E-state index in [9.17, 15) is 8.78 Å². The molecule has 0 aliphatic carbocycles. The van der Waals surface area contributed by atoms with E-state index in [1.165, 1.54) is 12.1 Å². The Balaban J connectivity index is 1.59. The Morgan fingerprint density at radius 2 is 1.43 bits per heavy atom. The molecular weight excluding hydrogens is 356 g/mol. The fourth-order valence-corrected chi connectivity index (χ4v) is 3.15. The van der Waals surface area contributed by atoms with Crippen LogP contribution in [0.5, 0.6) is 0 Å². The van der Waals surface area contributed by atoms with Gasteiger partial charge in [-0.2, -0.15) is 5.10 Å². The summed E-state index contributed by atoms with van der Waals surface area (Å²) in [4.78, 5) is 0. The van der Waals surface area contributed by atoms with Gasteiger partial charge in [-0.15, -0.1) is 0 Å². The normalized spacial score (nSPS) is 10.9. The van der Waals surface area contributed by atoms with Gasteiger partial charge in [0.15, 0.2) is 0 Å². The lowest BCUT2D eigenvalue weighted by Crippen LogP contribution is -2.13. The number of rotatable bonds is 6. The average Bonchev–Trinajstić information content (AvgIpc) is 3.13. The summed E-state index contributed by atoms with van der Waals surface area (Å²) in [6.07, 6.45) is 1.98. The zero-order chi connectivity index (χ0) is 19.3. The van der Waals surface area contributed by atoms with Crippen molar-refractivity contribution in [3.63, 3.8) is 0 Å². The van der Waals surface area contributed by atoms with Crippen molar-refractivity contribution in [2.24, 2.45) is 0 Å². The first kappa shape index (κ1) is 18.1. The Kier molecular flexibility index (Phi) is 5.26. The van der Waals surface area contributed by atoms with Gasteiger partial charge in [0, 0.05) is 36.5 Å². The summed E-state index contributed by atoms with van der Waals surface area (Å²) < 4.78 is 28.6. The molecule has 1 N–H and O–H groups in total. The molecule has 0 amide bonds. The summed E-state index contributed by atoms with van der Waals surface area (Å²) in [5, 5.41) is 8.02. The molecule has 3 nitrogen and oxygen atoms in total. The van der Waals surface area contributed by atoms with Gasteiger partial charge in [-0.25, -0.2) is 13.5 Å². The van der Waals surface area contributed by atoms with Crippen molar-refractivity contribution in [1.29, 1.82) is 0 Å². The standard InChI is InChI=1S/C23H19F2N3/c24-20-11-17(12-21(25)13-20)14-26-15-19-16-28(22-9-5-2-6-10-22)27-23(19)18-7-3-1-4-8-18/h1-13,16,26H,14-15H2. The van der Waals surface area contributed by atoms with Crippen LogP contribution in [0.3, 0.4) is 0 Å². The summed E-state index contributed by atoms with van der Waals surface area (Å²) in [5.41, 5.74) is 4.44. The van der Waals surface area contributed by atoms with Gasteiger partial charge in [0.1, 0.15) is 11.6 Å². The second-order valence-electron chi connectivity index (χ2n) is 6.53. The molecule has 0 fully saturated rings. The zero-order valence-electron chi connectivity index (χ0n) is 15.1. The molecule has 0 saturated carbocycles. The average molecular weight is 375 g/mol. The van der Waals surface area contributed by atoms with Crippen molar-refractivity contribution in [3.05, 3.63) is 108 Å². The lowest BCUT2D eigenvalue weighted by Gasteiger charge is -2.06.